The molecule has 5 rings (SSSR count). The smallest absolute Gasteiger partial charge is 0.416 e. The summed E-state index contributed by atoms with van der Waals surface area (Å²) in [6.07, 6.45) is -3.15. The summed E-state index contributed by atoms with van der Waals surface area (Å²) in [4.78, 5) is 4.49. The minimum Gasteiger partial charge on any atom is -0.486 e. The predicted octanol–water partition coefficient (Wildman–Crippen LogP) is 6.94. The van der Waals surface area contributed by atoms with Crippen LogP contribution >= 0.6 is 11.6 Å². The van der Waals surface area contributed by atoms with Crippen LogP contribution in [0.1, 0.15) is 27.9 Å². The lowest BCUT2D eigenvalue weighted by molar-refractivity contribution is -0.137. The van der Waals surface area contributed by atoms with Crippen LogP contribution in [0.4, 0.5) is 17.6 Å². The molecule has 3 aromatic carbocycles. The summed E-state index contributed by atoms with van der Waals surface area (Å²) < 4.78 is 67.7. The minimum absolute atomic E-state index is 0.0745. The minimum atomic E-state index is -4.74. The van der Waals surface area contributed by atoms with Crippen molar-refractivity contribution in [2.24, 2.45) is 0 Å². The maximum Gasteiger partial charge on any atom is 0.416 e. The van der Waals surface area contributed by atoms with E-state index in [1.807, 2.05) is 42.5 Å². The molecule has 0 saturated carbocycles. The number of hydrogen-bond acceptors (Lipinski definition) is 4. The maximum absolute atomic E-state index is 14.8. The molecule has 1 aliphatic rings. The van der Waals surface area contributed by atoms with Crippen LogP contribution in [0.5, 0.6) is 11.5 Å². The number of rotatable bonds is 7. The van der Waals surface area contributed by atoms with Crippen molar-refractivity contribution in [1.82, 2.24) is 10.3 Å². The number of nitrogens with zero attached hydrogens (tertiary/aromatic N) is 1. The fourth-order valence-electron chi connectivity index (χ4n) is 4.65. The van der Waals surface area contributed by atoms with Crippen molar-refractivity contribution in [3.8, 4) is 11.5 Å². The van der Waals surface area contributed by atoms with Crippen molar-refractivity contribution in [3.63, 3.8) is 0 Å². The summed E-state index contributed by atoms with van der Waals surface area (Å²) >= 11 is 6.11. The summed E-state index contributed by atoms with van der Waals surface area (Å²) in [5.41, 5.74) is -0.455. The normalized spacial score (nSPS) is 14.7. The van der Waals surface area contributed by atoms with Gasteiger partial charge < -0.3 is 9.47 Å². The zero-order valence-electron chi connectivity index (χ0n) is 20.1. The molecule has 38 heavy (non-hydrogen) atoms. The Labute approximate surface area is 222 Å². The number of alkyl halides is 3. The van der Waals surface area contributed by atoms with Gasteiger partial charge in [-0.05, 0) is 47.5 Å². The summed E-state index contributed by atoms with van der Waals surface area (Å²) in [6.45, 7) is 0.957. The van der Waals surface area contributed by atoms with Gasteiger partial charge in [0, 0.05) is 24.7 Å². The molecule has 1 aliphatic heterocycles. The highest BCUT2D eigenvalue weighted by atomic mass is 35.5. The first-order valence-corrected chi connectivity index (χ1v) is 12.3. The second kappa shape index (κ2) is 10.6. The van der Waals surface area contributed by atoms with E-state index in [4.69, 9.17) is 21.1 Å². The van der Waals surface area contributed by atoms with Crippen LogP contribution in [0.3, 0.4) is 0 Å². The molecule has 0 fully saturated rings. The van der Waals surface area contributed by atoms with E-state index in [0.717, 1.165) is 23.3 Å². The van der Waals surface area contributed by atoms with Gasteiger partial charge in [-0.3, -0.25) is 10.3 Å². The molecule has 4 nitrogen and oxygen atoms in total. The van der Waals surface area contributed by atoms with Gasteiger partial charge in [0.25, 0.3) is 0 Å². The fourth-order valence-corrected chi connectivity index (χ4v) is 4.76. The summed E-state index contributed by atoms with van der Waals surface area (Å²) in [6, 6.07) is 20.5. The lowest BCUT2D eigenvalue weighted by atomic mass is 9.79. The van der Waals surface area contributed by atoms with Crippen molar-refractivity contribution in [1.29, 1.82) is 0 Å². The van der Waals surface area contributed by atoms with Crippen molar-refractivity contribution in [3.05, 3.63) is 124 Å². The van der Waals surface area contributed by atoms with Gasteiger partial charge in [-0.1, -0.05) is 54.1 Å². The van der Waals surface area contributed by atoms with Crippen LogP contribution < -0.4 is 14.8 Å². The third kappa shape index (κ3) is 5.47. The molecule has 1 atom stereocenters. The third-order valence-electron chi connectivity index (χ3n) is 6.42. The molecule has 9 heteroatoms. The van der Waals surface area contributed by atoms with Crippen LogP contribution in [0.15, 0.2) is 85.1 Å². The molecular weight excluding hydrogens is 520 g/mol. The molecule has 0 bridgehead atoms. The SMILES string of the molecule is Fc1cc(C(F)(F)F)cc(C(Cc2ccccc2)(NCc2cccc3c2OCCO3)c2ccc(Cl)cn2)c1. The number of para-hydroxylation sites is 1. The standard InChI is InChI=1S/C29H23ClF4N2O2/c30-23-9-10-26(35-18-23)28(16-19-5-2-1-3-6-19,21-13-22(29(32,33)34)15-24(31)14-21)36-17-20-7-4-8-25-27(20)38-12-11-37-25/h1-10,13-15,18,36H,11-12,16-17H2. The van der Waals surface area contributed by atoms with Crippen molar-refractivity contribution < 1.29 is 27.0 Å². The Bertz CT molecular complexity index is 1410. The average Bonchev–Trinajstić information content (AvgIpc) is 2.91. The summed E-state index contributed by atoms with van der Waals surface area (Å²) in [5.74, 6) is 0.134. The van der Waals surface area contributed by atoms with Gasteiger partial charge >= 0.3 is 6.18 Å². The average molecular weight is 543 g/mol. The van der Waals surface area contributed by atoms with E-state index in [1.165, 1.54) is 6.20 Å². The van der Waals surface area contributed by atoms with Gasteiger partial charge in [0.1, 0.15) is 19.0 Å². The zero-order valence-corrected chi connectivity index (χ0v) is 20.8. The van der Waals surface area contributed by atoms with Crippen LogP contribution in [0.2, 0.25) is 5.02 Å². The van der Waals surface area contributed by atoms with Gasteiger partial charge in [0.2, 0.25) is 0 Å². The van der Waals surface area contributed by atoms with E-state index >= 15 is 0 Å². The van der Waals surface area contributed by atoms with Crippen LogP contribution in [-0.2, 0) is 24.7 Å². The van der Waals surface area contributed by atoms with Crippen molar-refractivity contribution in [2.45, 2.75) is 24.7 Å². The molecule has 1 aromatic heterocycles. The topological polar surface area (TPSA) is 43.4 Å². The van der Waals surface area contributed by atoms with Gasteiger partial charge in [0.05, 0.1) is 21.8 Å². The lowest BCUT2D eigenvalue weighted by Gasteiger charge is -2.36. The molecule has 0 aliphatic carbocycles. The first kappa shape index (κ1) is 26.0. The van der Waals surface area contributed by atoms with E-state index in [0.29, 0.717) is 41.5 Å². The third-order valence-corrected chi connectivity index (χ3v) is 6.65. The number of pyridine rings is 1. The number of aromatic nitrogens is 1. The molecule has 0 radical (unpaired) electrons. The molecule has 4 aromatic rings. The molecule has 1 N–H and O–H groups in total. The molecule has 0 spiro atoms. The number of ether oxygens (including phenoxy) is 2. The van der Waals surface area contributed by atoms with E-state index in [1.54, 1.807) is 18.2 Å². The first-order chi connectivity index (χ1) is 18.2. The van der Waals surface area contributed by atoms with E-state index in [-0.39, 0.29) is 18.5 Å². The number of nitrogens with one attached hydrogen (secondary N) is 1. The molecule has 1 unspecified atom stereocenters. The van der Waals surface area contributed by atoms with Gasteiger partial charge in [-0.25, -0.2) is 4.39 Å². The monoisotopic (exact) mass is 542 g/mol. The number of halogens is 5. The number of hydrogen-bond donors (Lipinski definition) is 1. The Balaban J connectivity index is 1.69. The van der Waals surface area contributed by atoms with Crippen LogP contribution in [0.25, 0.3) is 0 Å². The second-order valence-electron chi connectivity index (χ2n) is 8.95. The Morgan fingerprint density at radius 2 is 1.63 bits per heavy atom. The lowest BCUT2D eigenvalue weighted by Crippen LogP contribution is -2.46. The first-order valence-electron chi connectivity index (χ1n) is 11.9. The molecule has 0 saturated heterocycles. The van der Waals surface area contributed by atoms with E-state index in [2.05, 4.69) is 10.3 Å². The Morgan fingerprint density at radius 3 is 2.37 bits per heavy atom. The highest BCUT2D eigenvalue weighted by Crippen LogP contribution is 2.39. The summed E-state index contributed by atoms with van der Waals surface area (Å²) in [7, 11) is 0. The molecule has 2 heterocycles. The maximum atomic E-state index is 14.8. The summed E-state index contributed by atoms with van der Waals surface area (Å²) in [5, 5.41) is 3.79. The van der Waals surface area contributed by atoms with Crippen LogP contribution in [-0.4, -0.2) is 18.2 Å². The molecular formula is C29H23ClF4N2O2. The largest absolute Gasteiger partial charge is 0.486 e. The second-order valence-corrected chi connectivity index (χ2v) is 9.39. The van der Waals surface area contributed by atoms with E-state index < -0.39 is 23.1 Å². The zero-order chi connectivity index (χ0) is 26.8. The predicted molar refractivity (Wildman–Crippen MR) is 136 cm³/mol. The van der Waals surface area contributed by atoms with Gasteiger partial charge in [-0.2, -0.15) is 13.2 Å². The van der Waals surface area contributed by atoms with Crippen molar-refractivity contribution >= 4 is 11.6 Å². The Hall–Kier alpha value is -3.62. The quantitative estimate of drug-likeness (QED) is 0.257. The van der Waals surface area contributed by atoms with Gasteiger partial charge in [0.15, 0.2) is 11.5 Å². The Morgan fingerprint density at radius 1 is 0.868 bits per heavy atom. The Kier molecular flexibility index (Phi) is 7.27. The molecule has 196 valence electrons. The van der Waals surface area contributed by atoms with E-state index in [9.17, 15) is 17.6 Å². The molecule has 0 amide bonds. The highest BCUT2D eigenvalue weighted by molar-refractivity contribution is 6.30. The number of benzene rings is 3. The van der Waals surface area contributed by atoms with Gasteiger partial charge in [-0.15, -0.1) is 0 Å². The fraction of sp³-hybridized carbons (Fsp3) is 0.207. The highest BCUT2D eigenvalue weighted by Gasteiger charge is 2.39. The van der Waals surface area contributed by atoms with Crippen LogP contribution in [0, 0.1) is 5.82 Å². The number of fused-ring (bicyclic) bond motifs is 1. The van der Waals surface area contributed by atoms with Crippen molar-refractivity contribution in [2.75, 3.05) is 13.2 Å².